The van der Waals surface area contributed by atoms with Gasteiger partial charge in [0.05, 0.1) is 10.2 Å². The molecule has 0 amide bonds. The molecule has 1 aromatic carbocycles. The molecule has 2 heterocycles. The molecular weight excluding hydrogens is 313 g/mol. The van der Waals surface area contributed by atoms with Crippen LogP contribution in [0.15, 0.2) is 46.8 Å². The summed E-state index contributed by atoms with van der Waals surface area (Å²) in [5, 5.41) is 0. The Morgan fingerprint density at radius 3 is 2.67 bits per heavy atom. The van der Waals surface area contributed by atoms with Crippen LogP contribution in [0.4, 0.5) is 4.39 Å². The Kier molecular flexibility index (Phi) is 3.38. The lowest BCUT2D eigenvalue weighted by molar-refractivity contribution is 0.447. The molecule has 0 spiro atoms. The lowest BCUT2D eigenvalue weighted by Gasteiger charge is -2.06. The molecule has 7 heteroatoms. The van der Waals surface area contributed by atoms with Crippen LogP contribution in [0.1, 0.15) is 0 Å². The lowest BCUT2D eigenvalue weighted by atomic mass is 10.3. The summed E-state index contributed by atoms with van der Waals surface area (Å²) in [6.45, 7) is 0. The maximum Gasteiger partial charge on any atom is 0.184 e. The Hall–Kier alpha value is -1.99. The van der Waals surface area contributed by atoms with Gasteiger partial charge >= 0.3 is 0 Å². The molecule has 2 aromatic heterocycles. The third-order valence-electron chi connectivity index (χ3n) is 2.78. The molecule has 108 valence electrons. The van der Waals surface area contributed by atoms with E-state index >= 15 is 0 Å². The Morgan fingerprint density at radius 2 is 1.95 bits per heavy atom. The highest BCUT2D eigenvalue weighted by Gasteiger charge is 2.16. The van der Waals surface area contributed by atoms with Crippen molar-refractivity contribution in [1.82, 2.24) is 4.98 Å². The van der Waals surface area contributed by atoms with Gasteiger partial charge in [-0.15, -0.1) is 11.3 Å². The summed E-state index contributed by atoms with van der Waals surface area (Å²) in [5.74, 6) is -0.0216. The first-order valence-corrected chi connectivity index (χ1v) is 8.67. The van der Waals surface area contributed by atoms with Gasteiger partial charge in [-0.25, -0.2) is 12.8 Å². The molecule has 0 bridgehead atoms. The van der Waals surface area contributed by atoms with E-state index in [1.165, 1.54) is 24.4 Å². The second-order valence-corrected chi connectivity index (χ2v) is 7.69. The van der Waals surface area contributed by atoms with Gasteiger partial charge in [0.1, 0.15) is 9.96 Å². The summed E-state index contributed by atoms with van der Waals surface area (Å²) in [5.41, 5.74) is 0.509. The van der Waals surface area contributed by atoms with Crippen molar-refractivity contribution >= 4 is 31.4 Å². The van der Waals surface area contributed by atoms with Crippen LogP contribution < -0.4 is 4.74 Å². The van der Waals surface area contributed by atoms with Crippen molar-refractivity contribution in [2.75, 3.05) is 6.26 Å². The van der Waals surface area contributed by atoms with Crippen molar-refractivity contribution in [3.05, 3.63) is 48.4 Å². The van der Waals surface area contributed by atoms with Crippen LogP contribution in [-0.4, -0.2) is 19.7 Å². The molecule has 3 rings (SSSR count). The van der Waals surface area contributed by atoms with Gasteiger partial charge in [0.2, 0.25) is 0 Å². The van der Waals surface area contributed by atoms with Crippen molar-refractivity contribution in [2.45, 2.75) is 4.21 Å². The van der Waals surface area contributed by atoms with E-state index in [2.05, 4.69) is 4.98 Å². The standard InChI is InChI=1S/C14H10FNO3S2/c1-21(17,18)13-8-10-14(20-13)12(6-7-16-10)19-11-5-3-2-4-9(11)15/h2-8H,1H3. The third kappa shape index (κ3) is 2.74. The summed E-state index contributed by atoms with van der Waals surface area (Å²) in [7, 11) is -3.31. The summed E-state index contributed by atoms with van der Waals surface area (Å²) in [6.07, 6.45) is 2.63. The molecular formula is C14H10FNO3S2. The zero-order chi connectivity index (χ0) is 15.0. The number of thiophene rings is 1. The Morgan fingerprint density at radius 1 is 1.19 bits per heavy atom. The SMILES string of the molecule is CS(=O)(=O)c1cc2nccc(Oc3ccccc3F)c2s1. The number of pyridine rings is 1. The molecule has 4 nitrogen and oxygen atoms in total. The van der Waals surface area contributed by atoms with Crippen LogP contribution >= 0.6 is 11.3 Å². The number of hydrogen-bond acceptors (Lipinski definition) is 5. The van der Waals surface area contributed by atoms with Gasteiger partial charge in [-0.1, -0.05) is 12.1 Å². The van der Waals surface area contributed by atoms with Crippen LogP contribution in [0.5, 0.6) is 11.5 Å². The van der Waals surface area contributed by atoms with E-state index < -0.39 is 15.7 Å². The number of hydrogen-bond donors (Lipinski definition) is 0. The first kappa shape index (κ1) is 14.0. The molecule has 0 aliphatic carbocycles. The van der Waals surface area contributed by atoms with Crippen molar-refractivity contribution < 1.29 is 17.5 Å². The molecule has 0 saturated heterocycles. The molecule has 0 fully saturated rings. The van der Waals surface area contributed by atoms with E-state index in [-0.39, 0.29) is 9.96 Å². The lowest BCUT2D eigenvalue weighted by Crippen LogP contribution is -1.91. The van der Waals surface area contributed by atoms with Gasteiger partial charge in [0, 0.05) is 18.5 Å². The zero-order valence-corrected chi connectivity index (χ0v) is 12.5. The number of para-hydroxylation sites is 1. The third-order valence-corrected chi connectivity index (χ3v) is 5.72. The van der Waals surface area contributed by atoms with Crippen molar-refractivity contribution in [1.29, 1.82) is 0 Å². The first-order valence-electron chi connectivity index (χ1n) is 5.96. The molecule has 21 heavy (non-hydrogen) atoms. The number of nitrogens with zero attached hydrogens (tertiary/aromatic N) is 1. The average molecular weight is 323 g/mol. The molecule has 0 N–H and O–H groups in total. The largest absolute Gasteiger partial charge is 0.453 e. The van der Waals surface area contributed by atoms with Crippen LogP contribution in [0.3, 0.4) is 0 Å². The van der Waals surface area contributed by atoms with Gasteiger partial charge in [-0.05, 0) is 18.2 Å². The number of ether oxygens (including phenoxy) is 1. The van der Waals surface area contributed by atoms with Gasteiger partial charge in [-0.3, -0.25) is 4.98 Å². The maximum absolute atomic E-state index is 13.6. The van der Waals surface area contributed by atoms with Gasteiger partial charge in [0.25, 0.3) is 0 Å². The second-order valence-electron chi connectivity index (χ2n) is 4.39. The van der Waals surface area contributed by atoms with Crippen LogP contribution in [0, 0.1) is 5.82 Å². The fourth-order valence-corrected chi connectivity index (χ4v) is 3.78. The van der Waals surface area contributed by atoms with Crippen LogP contribution in [0.25, 0.3) is 10.2 Å². The molecule has 3 aromatic rings. The predicted molar refractivity (Wildman–Crippen MR) is 79.2 cm³/mol. The van der Waals surface area contributed by atoms with Gasteiger partial charge in [0.15, 0.2) is 21.4 Å². The van der Waals surface area contributed by atoms with E-state index in [0.717, 1.165) is 17.6 Å². The van der Waals surface area contributed by atoms with E-state index in [1.54, 1.807) is 18.2 Å². The van der Waals surface area contributed by atoms with E-state index in [9.17, 15) is 12.8 Å². The summed E-state index contributed by atoms with van der Waals surface area (Å²) < 4.78 is 43.2. The van der Waals surface area contributed by atoms with E-state index in [0.29, 0.717) is 16.0 Å². The zero-order valence-electron chi connectivity index (χ0n) is 10.9. The normalized spacial score (nSPS) is 11.7. The van der Waals surface area contributed by atoms with Crippen LogP contribution in [-0.2, 0) is 9.84 Å². The number of sulfone groups is 1. The number of benzene rings is 1. The summed E-state index contributed by atoms with van der Waals surface area (Å²) in [6, 6.07) is 9.10. The molecule has 0 atom stereocenters. The van der Waals surface area contributed by atoms with Crippen molar-refractivity contribution in [2.24, 2.45) is 0 Å². The number of aromatic nitrogens is 1. The summed E-state index contributed by atoms with van der Waals surface area (Å²) >= 11 is 1.06. The summed E-state index contributed by atoms with van der Waals surface area (Å²) in [4.78, 5) is 4.11. The Balaban J connectivity index is 2.11. The highest BCUT2D eigenvalue weighted by atomic mass is 32.2. The maximum atomic E-state index is 13.6. The quantitative estimate of drug-likeness (QED) is 0.738. The predicted octanol–water partition coefficient (Wildman–Crippen LogP) is 3.63. The molecule has 0 aliphatic heterocycles. The second kappa shape index (κ2) is 5.09. The number of halogens is 1. The fourth-order valence-electron chi connectivity index (χ4n) is 1.80. The topological polar surface area (TPSA) is 56.3 Å². The van der Waals surface area contributed by atoms with Gasteiger partial charge < -0.3 is 4.74 Å². The number of fused-ring (bicyclic) bond motifs is 1. The van der Waals surface area contributed by atoms with E-state index in [4.69, 9.17) is 4.74 Å². The minimum Gasteiger partial charge on any atom is -0.453 e. The van der Waals surface area contributed by atoms with Crippen LogP contribution in [0.2, 0.25) is 0 Å². The van der Waals surface area contributed by atoms with Crippen molar-refractivity contribution in [3.8, 4) is 11.5 Å². The highest BCUT2D eigenvalue weighted by molar-refractivity contribution is 7.93. The minimum absolute atomic E-state index is 0.0827. The smallest absolute Gasteiger partial charge is 0.184 e. The Bertz CT molecular complexity index is 919. The van der Waals surface area contributed by atoms with E-state index in [1.807, 2.05) is 0 Å². The highest BCUT2D eigenvalue weighted by Crippen LogP contribution is 2.36. The molecule has 0 radical (unpaired) electrons. The first-order chi connectivity index (χ1) is 9.95. The fraction of sp³-hybridized carbons (Fsp3) is 0.0714. The molecule has 0 saturated carbocycles. The molecule has 0 aliphatic rings. The number of rotatable bonds is 3. The van der Waals surface area contributed by atoms with Gasteiger partial charge in [-0.2, -0.15) is 0 Å². The average Bonchev–Trinajstić information content (AvgIpc) is 2.86. The molecule has 0 unspecified atom stereocenters. The monoisotopic (exact) mass is 323 g/mol. The Labute approximate surface area is 124 Å². The van der Waals surface area contributed by atoms with Crippen molar-refractivity contribution in [3.63, 3.8) is 0 Å². The minimum atomic E-state index is -3.31.